The maximum Gasteiger partial charge on any atom is 0.0990 e. The lowest BCUT2D eigenvalue weighted by Crippen LogP contribution is -2.18. The second-order valence-corrected chi connectivity index (χ2v) is 5.40. The van der Waals surface area contributed by atoms with Gasteiger partial charge in [0.05, 0.1) is 17.6 Å². The van der Waals surface area contributed by atoms with E-state index in [0.29, 0.717) is 0 Å². The third-order valence-electron chi connectivity index (χ3n) is 3.54. The smallest absolute Gasteiger partial charge is 0.0990 e. The molecule has 18 heavy (non-hydrogen) atoms. The largest absolute Gasteiger partial charge is 0.275 e. The first-order valence-corrected chi connectivity index (χ1v) is 6.28. The highest BCUT2D eigenvalue weighted by Crippen LogP contribution is 2.27. The Hall–Kier alpha value is -1.71. The summed E-state index contributed by atoms with van der Waals surface area (Å²) < 4.78 is 1.78. The van der Waals surface area contributed by atoms with Crippen molar-refractivity contribution in [1.29, 1.82) is 0 Å². The summed E-state index contributed by atoms with van der Waals surface area (Å²) in [6.07, 6.45) is 4.83. The fourth-order valence-corrected chi connectivity index (χ4v) is 1.83. The van der Waals surface area contributed by atoms with Gasteiger partial charge < -0.3 is 0 Å². The van der Waals surface area contributed by atoms with Gasteiger partial charge in [0.15, 0.2) is 0 Å². The highest BCUT2D eigenvalue weighted by Gasteiger charge is 2.21. The van der Waals surface area contributed by atoms with Gasteiger partial charge in [-0.05, 0) is 25.0 Å². The third kappa shape index (κ3) is 2.28. The highest BCUT2D eigenvalue weighted by atomic mass is 15.2. The number of hydrogen-bond acceptors (Lipinski definition) is 3. The Morgan fingerprint density at radius 1 is 1.28 bits per heavy atom. The molecule has 0 amide bonds. The third-order valence-corrected chi connectivity index (χ3v) is 3.54. The Labute approximate surface area is 108 Å². The summed E-state index contributed by atoms with van der Waals surface area (Å²) >= 11 is 0. The molecule has 0 N–H and O–H groups in total. The van der Waals surface area contributed by atoms with Crippen molar-refractivity contribution in [2.45, 2.75) is 39.5 Å². The van der Waals surface area contributed by atoms with Crippen LogP contribution in [0.15, 0.2) is 18.5 Å². The van der Waals surface area contributed by atoms with Gasteiger partial charge in [-0.2, -0.15) is 10.2 Å². The Morgan fingerprint density at radius 3 is 2.50 bits per heavy atom. The monoisotopic (exact) mass is 244 g/mol. The molecule has 2 heterocycles. The summed E-state index contributed by atoms with van der Waals surface area (Å²) in [5.74, 6) is 0. The van der Waals surface area contributed by atoms with Crippen LogP contribution >= 0.6 is 0 Å². The number of nitrogens with zero attached hydrogens (tertiary/aromatic N) is 4. The topological polar surface area (TPSA) is 43.6 Å². The van der Waals surface area contributed by atoms with Crippen LogP contribution in [0.25, 0.3) is 11.3 Å². The molecule has 0 saturated heterocycles. The van der Waals surface area contributed by atoms with Crippen LogP contribution in [0.3, 0.4) is 0 Å². The molecule has 2 aromatic heterocycles. The average Bonchev–Trinajstić information content (AvgIpc) is 2.75. The van der Waals surface area contributed by atoms with Crippen molar-refractivity contribution in [3.05, 3.63) is 29.7 Å². The van der Waals surface area contributed by atoms with Gasteiger partial charge in [-0.25, -0.2) is 0 Å². The van der Waals surface area contributed by atoms with Crippen LogP contribution in [-0.2, 0) is 12.5 Å². The lowest BCUT2D eigenvalue weighted by molar-refractivity contribution is 0.483. The van der Waals surface area contributed by atoms with E-state index >= 15 is 0 Å². The van der Waals surface area contributed by atoms with E-state index in [9.17, 15) is 0 Å². The number of aromatic nitrogens is 4. The van der Waals surface area contributed by atoms with Crippen molar-refractivity contribution >= 4 is 0 Å². The summed E-state index contributed by atoms with van der Waals surface area (Å²) in [4.78, 5) is 0. The number of aryl methyl sites for hydroxylation is 2. The molecule has 0 aliphatic carbocycles. The lowest BCUT2D eigenvalue weighted by atomic mass is 9.85. The Bertz CT molecular complexity index is 555. The van der Waals surface area contributed by atoms with Crippen molar-refractivity contribution in [2.75, 3.05) is 0 Å². The molecule has 0 saturated carbocycles. The standard InChI is InChI=1S/C14H20N4/c1-6-14(3,4)12-7-10(2)13(17-16-12)11-8-15-18(5)9-11/h7-9H,6H2,1-5H3. The number of rotatable bonds is 3. The first-order valence-electron chi connectivity index (χ1n) is 6.28. The Morgan fingerprint density at radius 2 is 2.00 bits per heavy atom. The van der Waals surface area contributed by atoms with Crippen molar-refractivity contribution in [3.63, 3.8) is 0 Å². The molecule has 0 unspecified atom stereocenters. The van der Waals surface area contributed by atoms with Gasteiger partial charge in [0.1, 0.15) is 0 Å². The fraction of sp³-hybridized carbons (Fsp3) is 0.500. The van der Waals surface area contributed by atoms with Crippen molar-refractivity contribution in [1.82, 2.24) is 20.0 Å². The van der Waals surface area contributed by atoms with E-state index in [4.69, 9.17) is 0 Å². The predicted molar refractivity (Wildman–Crippen MR) is 72.3 cm³/mol. The Kier molecular flexibility index (Phi) is 3.20. The second kappa shape index (κ2) is 4.52. The normalized spacial score (nSPS) is 11.8. The summed E-state index contributed by atoms with van der Waals surface area (Å²) in [6.45, 7) is 8.64. The van der Waals surface area contributed by atoms with E-state index in [1.165, 1.54) is 0 Å². The fourth-order valence-electron chi connectivity index (χ4n) is 1.83. The molecule has 0 aromatic carbocycles. The van der Waals surface area contributed by atoms with Gasteiger partial charge in [0, 0.05) is 24.2 Å². The van der Waals surface area contributed by atoms with Gasteiger partial charge in [-0.3, -0.25) is 4.68 Å². The SMILES string of the molecule is CCC(C)(C)c1cc(C)c(-c2cnn(C)c2)nn1. The predicted octanol–water partition coefficient (Wildman–Crippen LogP) is 2.87. The van der Waals surface area contributed by atoms with Crippen LogP contribution in [0.2, 0.25) is 0 Å². The van der Waals surface area contributed by atoms with E-state index < -0.39 is 0 Å². The molecule has 0 fully saturated rings. The lowest BCUT2D eigenvalue weighted by Gasteiger charge is -2.21. The molecule has 0 bridgehead atoms. The molecular weight excluding hydrogens is 224 g/mol. The zero-order chi connectivity index (χ0) is 13.3. The van der Waals surface area contributed by atoms with E-state index in [1.54, 1.807) is 4.68 Å². The molecule has 0 aliphatic rings. The van der Waals surface area contributed by atoms with E-state index in [2.05, 4.69) is 49.1 Å². The van der Waals surface area contributed by atoms with Crippen LogP contribution in [0.1, 0.15) is 38.4 Å². The minimum absolute atomic E-state index is 0.0746. The Balaban J connectivity index is 2.43. The van der Waals surface area contributed by atoms with Crippen molar-refractivity contribution in [2.24, 2.45) is 7.05 Å². The summed E-state index contributed by atoms with van der Waals surface area (Å²) in [6, 6.07) is 2.14. The highest BCUT2D eigenvalue weighted by molar-refractivity contribution is 5.60. The molecular formula is C14H20N4. The second-order valence-electron chi connectivity index (χ2n) is 5.40. The molecule has 4 heteroatoms. The van der Waals surface area contributed by atoms with Crippen LogP contribution in [0, 0.1) is 6.92 Å². The van der Waals surface area contributed by atoms with E-state index in [0.717, 1.165) is 28.9 Å². The molecule has 4 nitrogen and oxygen atoms in total. The molecule has 2 rings (SSSR count). The van der Waals surface area contributed by atoms with E-state index in [1.807, 2.05) is 19.4 Å². The van der Waals surface area contributed by atoms with Gasteiger partial charge >= 0.3 is 0 Å². The molecule has 0 radical (unpaired) electrons. The van der Waals surface area contributed by atoms with E-state index in [-0.39, 0.29) is 5.41 Å². The maximum absolute atomic E-state index is 4.38. The zero-order valence-electron chi connectivity index (χ0n) is 11.7. The quantitative estimate of drug-likeness (QED) is 0.833. The van der Waals surface area contributed by atoms with Crippen molar-refractivity contribution < 1.29 is 0 Å². The first kappa shape index (κ1) is 12.7. The molecule has 96 valence electrons. The first-order chi connectivity index (χ1) is 8.44. The zero-order valence-corrected chi connectivity index (χ0v) is 11.7. The minimum Gasteiger partial charge on any atom is -0.275 e. The average molecular weight is 244 g/mol. The maximum atomic E-state index is 4.38. The molecule has 0 aliphatic heterocycles. The van der Waals surface area contributed by atoms with Gasteiger partial charge in [-0.15, -0.1) is 5.10 Å². The summed E-state index contributed by atoms with van der Waals surface area (Å²) in [5.41, 5.74) is 4.21. The molecule has 2 aromatic rings. The van der Waals surface area contributed by atoms with Gasteiger partial charge in [-0.1, -0.05) is 20.8 Å². The summed E-state index contributed by atoms with van der Waals surface area (Å²) in [5, 5.41) is 12.9. The minimum atomic E-state index is 0.0746. The number of hydrogen-bond donors (Lipinski definition) is 0. The van der Waals surface area contributed by atoms with Crippen molar-refractivity contribution in [3.8, 4) is 11.3 Å². The van der Waals surface area contributed by atoms with Crippen LogP contribution in [0.4, 0.5) is 0 Å². The summed E-state index contributed by atoms with van der Waals surface area (Å²) in [7, 11) is 1.90. The van der Waals surface area contributed by atoms with Gasteiger partial charge in [0.25, 0.3) is 0 Å². The van der Waals surface area contributed by atoms with Crippen LogP contribution in [0.5, 0.6) is 0 Å². The van der Waals surface area contributed by atoms with Gasteiger partial charge in [0.2, 0.25) is 0 Å². The van der Waals surface area contributed by atoms with Crippen LogP contribution in [-0.4, -0.2) is 20.0 Å². The van der Waals surface area contributed by atoms with Crippen LogP contribution < -0.4 is 0 Å². The molecule has 0 spiro atoms. The molecule has 0 atom stereocenters.